The monoisotopic (exact) mass is 437 g/mol. The number of nitrogens with one attached hydrogen (secondary N) is 2. The Morgan fingerprint density at radius 2 is 2.15 bits per heavy atom. The van der Waals surface area contributed by atoms with E-state index < -0.39 is 16.1 Å². The number of amides is 2. The van der Waals surface area contributed by atoms with Crippen LogP contribution in [-0.4, -0.2) is 44.5 Å². The molecule has 0 aliphatic heterocycles. The van der Waals surface area contributed by atoms with Crippen molar-refractivity contribution >= 4 is 55.6 Å². The largest absolute Gasteiger partial charge is 0.396 e. The molecule has 3 N–H and O–H groups in total. The van der Waals surface area contributed by atoms with Gasteiger partial charge >= 0.3 is 6.03 Å². The number of aliphatic hydroxyl groups excluding tert-OH is 1. The van der Waals surface area contributed by atoms with Crippen LogP contribution in [0.3, 0.4) is 0 Å². The molecule has 0 saturated carbocycles. The van der Waals surface area contributed by atoms with E-state index in [9.17, 15) is 13.2 Å². The van der Waals surface area contributed by atoms with Crippen LogP contribution in [0.15, 0.2) is 14.5 Å². The number of ether oxygens (including phenoxy) is 1. The normalized spacial score (nSPS) is 11.5. The highest BCUT2D eigenvalue weighted by Gasteiger charge is 2.22. The Hall–Kier alpha value is -1.18. The highest BCUT2D eigenvalue weighted by Crippen LogP contribution is 2.31. The highest BCUT2D eigenvalue weighted by atomic mass is 32.2. The Kier molecular flexibility index (Phi) is 7.43. The number of hydrogen-bond acceptors (Lipinski definition) is 9. The van der Waals surface area contributed by atoms with Gasteiger partial charge in [-0.2, -0.15) is 0 Å². The first kappa shape index (κ1) is 21.1. The van der Waals surface area contributed by atoms with Crippen molar-refractivity contribution in [3.63, 3.8) is 0 Å². The van der Waals surface area contributed by atoms with Crippen LogP contribution in [0.25, 0.3) is 0 Å². The van der Waals surface area contributed by atoms with Crippen molar-refractivity contribution in [1.82, 2.24) is 9.71 Å². The number of rotatable bonds is 8. The molecular weight excluding hydrogens is 418 g/mol. The number of urea groups is 1. The van der Waals surface area contributed by atoms with Crippen LogP contribution < -0.4 is 10.0 Å². The number of anilines is 1. The van der Waals surface area contributed by atoms with E-state index in [0.29, 0.717) is 18.7 Å². The van der Waals surface area contributed by atoms with E-state index in [1.165, 1.54) is 29.2 Å². The molecule has 0 unspecified atom stereocenters. The van der Waals surface area contributed by atoms with Crippen LogP contribution in [0, 0.1) is 6.92 Å². The molecule has 144 valence electrons. The number of methoxy groups -OCH3 is 1. The highest BCUT2D eigenvalue weighted by molar-refractivity contribution is 8.00. The molecule has 26 heavy (non-hydrogen) atoms. The SMILES string of the molecule is COCc1nc(NC(=O)NS(=O)(=O)c2cc(C)c(CCO)s2)sc1SC. The van der Waals surface area contributed by atoms with Gasteiger partial charge in [-0.05, 0) is 24.8 Å². The topological polar surface area (TPSA) is 118 Å². The number of aryl methyl sites for hydroxylation is 1. The Morgan fingerprint density at radius 1 is 1.42 bits per heavy atom. The third-order valence-corrected chi connectivity index (χ3v) is 8.44. The molecule has 0 saturated heterocycles. The predicted molar refractivity (Wildman–Crippen MR) is 104 cm³/mol. The molecule has 0 atom stereocenters. The van der Waals surface area contributed by atoms with Crippen LogP contribution in [-0.2, 0) is 27.8 Å². The lowest BCUT2D eigenvalue weighted by Crippen LogP contribution is -2.33. The lowest BCUT2D eigenvalue weighted by molar-refractivity contribution is 0.180. The van der Waals surface area contributed by atoms with Crippen molar-refractivity contribution in [2.45, 2.75) is 28.4 Å². The second-order valence-corrected chi connectivity index (χ2v) is 10.2. The van der Waals surface area contributed by atoms with Gasteiger partial charge in [0.05, 0.1) is 16.5 Å². The first-order valence-corrected chi connectivity index (χ1v) is 11.7. The zero-order chi connectivity index (χ0) is 19.3. The number of thiazole rings is 1. The fourth-order valence-corrected chi connectivity index (χ4v) is 6.14. The van der Waals surface area contributed by atoms with Crippen molar-refractivity contribution < 1.29 is 23.1 Å². The maximum Gasteiger partial charge on any atom is 0.334 e. The van der Waals surface area contributed by atoms with Crippen molar-refractivity contribution in [2.75, 3.05) is 25.3 Å². The third kappa shape index (κ3) is 5.18. The number of carbonyl (C=O) groups excluding carboxylic acids is 1. The lowest BCUT2D eigenvalue weighted by atomic mass is 10.2. The molecule has 0 spiro atoms. The van der Waals surface area contributed by atoms with Crippen molar-refractivity contribution in [3.05, 3.63) is 22.2 Å². The number of aliphatic hydroxyl groups is 1. The van der Waals surface area contributed by atoms with Crippen molar-refractivity contribution in [1.29, 1.82) is 0 Å². The molecule has 0 aliphatic carbocycles. The maximum atomic E-state index is 12.4. The molecule has 0 radical (unpaired) electrons. The molecule has 8 nitrogen and oxygen atoms in total. The van der Waals surface area contributed by atoms with E-state index in [1.807, 2.05) is 11.0 Å². The van der Waals surface area contributed by atoms with Gasteiger partial charge in [0.25, 0.3) is 10.0 Å². The summed E-state index contributed by atoms with van der Waals surface area (Å²) >= 11 is 3.74. The van der Waals surface area contributed by atoms with Gasteiger partial charge in [-0.15, -0.1) is 23.1 Å². The van der Waals surface area contributed by atoms with E-state index in [-0.39, 0.29) is 15.9 Å². The second kappa shape index (κ2) is 9.15. The van der Waals surface area contributed by atoms with Gasteiger partial charge in [-0.3, -0.25) is 5.32 Å². The summed E-state index contributed by atoms with van der Waals surface area (Å²) < 4.78 is 32.7. The average molecular weight is 438 g/mol. The van der Waals surface area contributed by atoms with Crippen LogP contribution >= 0.6 is 34.4 Å². The summed E-state index contributed by atoms with van der Waals surface area (Å²) in [5, 5.41) is 11.7. The van der Waals surface area contributed by atoms with Gasteiger partial charge in [-0.1, -0.05) is 11.3 Å². The standard InChI is InChI=1S/C14H19N3O5S4/c1-8-6-11(24-10(8)4-5-18)26(20,21)17-13(19)16-14-15-9(7-22-2)12(23-3)25-14/h6,18H,4-5,7H2,1-3H3,(H2,15,16,17,19). The minimum atomic E-state index is -4.00. The van der Waals surface area contributed by atoms with E-state index in [4.69, 9.17) is 9.84 Å². The zero-order valence-corrected chi connectivity index (χ0v) is 17.6. The first-order chi connectivity index (χ1) is 12.3. The van der Waals surface area contributed by atoms with Crippen LogP contribution in [0.1, 0.15) is 16.1 Å². The summed E-state index contributed by atoms with van der Waals surface area (Å²) in [5.74, 6) is 0. The molecule has 0 aliphatic rings. The van der Waals surface area contributed by atoms with Gasteiger partial charge in [0.15, 0.2) is 5.13 Å². The van der Waals surface area contributed by atoms with Gasteiger partial charge in [0.1, 0.15) is 4.21 Å². The number of thioether (sulfide) groups is 1. The van der Waals surface area contributed by atoms with Gasteiger partial charge in [-0.25, -0.2) is 22.9 Å². The molecule has 2 heterocycles. The predicted octanol–water partition coefficient (Wildman–Crippen LogP) is 2.43. The molecular formula is C14H19N3O5S4. The summed E-state index contributed by atoms with van der Waals surface area (Å²) in [4.78, 5) is 17.1. The minimum Gasteiger partial charge on any atom is -0.396 e. The summed E-state index contributed by atoms with van der Waals surface area (Å²) in [7, 11) is -2.45. The molecule has 12 heteroatoms. The Bertz CT molecular complexity index is 875. The lowest BCUT2D eigenvalue weighted by Gasteiger charge is -2.05. The Balaban J connectivity index is 2.10. The minimum absolute atomic E-state index is 0.0256. The summed E-state index contributed by atoms with van der Waals surface area (Å²) in [6.45, 7) is 1.99. The molecule has 0 fully saturated rings. The molecule has 2 aromatic rings. The van der Waals surface area contributed by atoms with E-state index >= 15 is 0 Å². The molecule has 0 aromatic carbocycles. The quantitative estimate of drug-likeness (QED) is 0.543. The second-order valence-electron chi connectivity index (χ2n) is 5.10. The molecule has 2 amide bonds. The van der Waals surface area contributed by atoms with Crippen molar-refractivity contribution in [3.8, 4) is 0 Å². The fraction of sp³-hybridized carbons (Fsp3) is 0.429. The van der Waals surface area contributed by atoms with Gasteiger partial charge < -0.3 is 9.84 Å². The smallest absolute Gasteiger partial charge is 0.334 e. The molecule has 2 aromatic heterocycles. The fourth-order valence-electron chi connectivity index (χ4n) is 2.04. The van der Waals surface area contributed by atoms with E-state index in [2.05, 4.69) is 10.3 Å². The summed E-state index contributed by atoms with van der Waals surface area (Å²) in [6.07, 6.45) is 2.25. The average Bonchev–Trinajstić information content (AvgIpc) is 3.12. The number of aromatic nitrogens is 1. The number of sulfonamides is 1. The first-order valence-electron chi connectivity index (χ1n) is 7.37. The summed E-state index contributed by atoms with van der Waals surface area (Å²) in [5.41, 5.74) is 1.45. The van der Waals surface area contributed by atoms with E-state index in [1.54, 1.807) is 14.0 Å². The number of carbonyl (C=O) groups is 1. The third-order valence-electron chi connectivity index (χ3n) is 3.18. The number of thiophene rings is 1. The summed E-state index contributed by atoms with van der Waals surface area (Å²) in [6, 6.07) is 0.599. The molecule has 2 rings (SSSR count). The van der Waals surface area contributed by atoms with Gasteiger partial charge in [0.2, 0.25) is 0 Å². The van der Waals surface area contributed by atoms with E-state index in [0.717, 1.165) is 26.0 Å². The number of hydrogen-bond donors (Lipinski definition) is 3. The van der Waals surface area contributed by atoms with Gasteiger partial charge in [0, 0.05) is 25.0 Å². The van der Waals surface area contributed by atoms with Crippen LogP contribution in [0.5, 0.6) is 0 Å². The van der Waals surface area contributed by atoms with Crippen LogP contribution in [0.2, 0.25) is 0 Å². The Labute approximate surface area is 164 Å². The maximum absolute atomic E-state index is 12.4. The number of nitrogens with zero attached hydrogens (tertiary/aromatic N) is 1. The van der Waals surface area contributed by atoms with Crippen LogP contribution in [0.4, 0.5) is 9.93 Å². The Morgan fingerprint density at radius 3 is 2.77 bits per heavy atom. The van der Waals surface area contributed by atoms with Crippen molar-refractivity contribution in [2.24, 2.45) is 0 Å². The molecule has 0 bridgehead atoms. The zero-order valence-electron chi connectivity index (χ0n) is 14.4.